The van der Waals surface area contributed by atoms with Gasteiger partial charge in [-0.05, 0) is 19.8 Å². The smallest absolute Gasteiger partial charge is 0.235 e. The number of amides is 1. The van der Waals surface area contributed by atoms with Crippen molar-refractivity contribution in [1.29, 1.82) is 0 Å². The summed E-state index contributed by atoms with van der Waals surface area (Å²) in [6.45, 7) is 5.57. The van der Waals surface area contributed by atoms with Crippen molar-refractivity contribution in [2.75, 3.05) is 11.5 Å². The summed E-state index contributed by atoms with van der Waals surface area (Å²) < 4.78 is 23.3. The second-order valence-corrected chi connectivity index (χ2v) is 7.74. The number of nitrogens with one attached hydrogen (secondary N) is 1. The van der Waals surface area contributed by atoms with Gasteiger partial charge in [0.05, 0.1) is 11.3 Å². The first-order valence-electron chi connectivity index (χ1n) is 6.24. The van der Waals surface area contributed by atoms with Gasteiger partial charge in [0.1, 0.15) is 10.8 Å². The molecule has 0 fully saturated rings. The fourth-order valence-corrected chi connectivity index (χ4v) is 3.78. The van der Waals surface area contributed by atoms with Crippen LogP contribution in [-0.2, 0) is 20.2 Å². The van der Waals surface area contributed by atoms with E-state index in [2.05, 4.69) is 10.3 Å². The lowest BCUT2D eigenvalue weighted by Gasteiger charge is -2.27. The lowest BCUT2D eigenvalue weighted by atomic mass is 10.00. The number of carbonyl (C=O) groups excluding carboxylic acids is 1. The minimum atomic E-state index is -3.31. The van der Waals surface area contributed by atoms with E-state index in [4.69, 9.17) is 0 Å². The molecule has 1 heterocycles. The molecule has 1 N–H and O–H groups in total. The Morgan fingerprint density at radius 2 is 2.16 bits per heavy atom. The van der Waals surface area contributed by atoms with Crippen molar-refractivity contribution in [2.45, 2.75) is 39.2 Å². The van der Waals surface area contributed by atoms with Crippen LogP contribution in [0.25, 0.3) is 0 Å². The van der Waals surface area contributed by atoms with E-state index in [9.17, 15) is 13.2 Å². The van der Waals surface area contributed by atoms with E-state index in [1.807, 2.05) is 19.2 Å². The van der Waals surface area contributed by atoms with Crippen LogP contribution >= 0.6 is 11.3 Å². The highest BCUT2D eigenvalue weighted by molar-refractivity contribution is 7.92. The molecule has 1 aromatic heterocycles. The van der Waals surface area contributed by atoms with Crippen molar-refractivity contribution in [2.24, 2.45) is 0 Å². The first-order chi connectivity index (χ1) is 8.83. The molecule has 19 heavy (non-hydrogen) atoms. The zero-order valence-corrected chi connectivity index (χ0v) is 13.1. The van der Waals surface area contributed by atoms with Crippen LogP contribution in [0.15, 0.2) is 11.6 Å². The van der Waals surface area contributed by atoms with E-state index in [1.54, 1.807) is 13.1 Å². The van der Waals surface area contributed by atoms with Gasteiger partial charge in [-0.15, -0.1) is 11.3 Å². The molecule has 0 bridgehead atoms. The molecule has 7 heteroatoms. The summed E-state index contributed by atoms with van der Waals surface area (Å²) in [5.74, 6) is -0.879. The van der Waals surface area contributed by atoms with Crippen molar-refractivity contribution in [1.82, 2.24) is 10.3 Å². The van der Waals surface area contributed by atoms with Gasteiger partial charge in [0.15, 0.2) is 9.84 Å². The monoisotopic (exact) mass is 304 g/mol. The first-order valence-corrected chi connectivity index (χ1v) is 8.94. The third-order valence-electron chi connectivity index (χ3n) is 2.89. The van der Waals surface area contributed by atoms with Crippen LogP contribution < -0.4 is 5.32 Å². The predicted molar refractivity (Wildman–Crippen MR) is 76.8 cm³/mol. The highest BCUT2D eigenvalue weighted by Crippen LogP contribution is 2.26. The Balaban J connectivity index is 2.75. The van der Waals surface area contributed by atoms with E-state index in [1.165, 1.54) is 11.3 Å². The van der Waals surface area contributed by atoms with Gasteiger partial charge in [0.2, 0.25) is 5.91 Å². The number of hydrogen-bond acceptors (Lipinski definition) is 5. The predicted octanol–water partition coefficient (Wildman–Crippen LogP) is 1.71. The second-order valence-electron chi connectivity index (χ2n) is 4.66. The fourth-order valence-electron chi connectivity index (χ4n) is 1.72. The lowest BCUT2D eigenvalue weighted by molar-refractivity contribution is -0.120. The maximum absolute atomic E-state index is 11.9. The zero-order chi connectivity index (χ0) is 14.5. The lowest BCUT2D eigenvalue weighted by Crippen LogP contribution is -2.45. The molecule has 0 radical (unpaired) electrons. The molecule has 0 unspecified atom stereocenters. The molecule has 0 aliphatic carbocycles. The summed E-state index contributed by atoms with van der Waals surface area (Å²) in [5.41, 5.74) is -0.604. The average molecular weight is 304 g/mol. The summed E-state index contributed by atoms with van der Waals surface area (Å²) in [5, 5.41) is 5.41. The van der Waals surface area contributed by atoms with Crippen molar-refractivity contribution in [3.63, 3.8) is 0 Å². The standard InChI is InChI=1S/C12H20N2O3S2/c1-4-8-19(16,17)9-10(15)14-12(3,5-2)11-13-6-7-18-11/h6-7H,4-5,8-9H2,1-3H3,(H,14,15)/t12-/m1/s1. The minimum Gasteiger partial charge on any atom is -0.344 e. The number of sulfone groups is 1. The third kappa shape index (κ3) is 4.58. The maximum atomic E-state index is 11.9. The summed E-state index contributed by atoms with van der Waals surface area (Å²) in [4.78, 5) is 16.1. The molecule has 108 valence electrons. The van der Waals surface area contributed by atoms with Gasteiger partial charge in [-0.1, -0.05) is 13.8 Å². The minimum absolute atomic E-state index is 0.0422. The molecule has 0 aliphatic rings. The number of thiazole rings is 1. The molecule has 0 aliphatic heterocycles. The van der Waals surface area contributed by atoms with E-state index in [0.29, 0.717) is 12.8 Å². The Morgan fingerprint density at radius 3 is 2.63 bits per heavy atom. The number of rotatable bonds is 7. The molecule has 0 spiro atoms. The van der Waals surface area contributed by atoms with Crippen LogP contribution in [0.3, 0.4) is 0 Å². The fraction of sp³-hybridized carbons (Fsp3) is 0.667. The van der Waals surface area contributed by atoms with Gasteiger partial charge >= 0.3 is 0 Å². The molecular formula is C12H20N2O3S2. The molecule has 1 atom stereocenters. The van der Waals surface area contributed by atoms with Gasteiger partial charge in [0, 0.05) is 11.6 Å². The maximum Gasteiger partial charge on any atom is 0.235 e. The Labute approximate surface area is 118 Å². The van der Waals surface area contributed by atoms with Gasteiger partial charge < -0.3 is 5.32 Å². The summed E-state index contributed by atoms with van der Waals surface area (Å²) in [7, 11) is -3.31. The van der Waals surface area contributed by atoms with Crippen molar-refractivity contribution in [3.05, 3.63) is 16.6 Å². The van der Waals surface area contributed by atoms with E-state index in [0.717, 1.165) is 5.01 Å². The van der Waals surface area contributed by atoms with E-state index >= 15 is 0 Å². The Kier molecular flexibility index (Phi) is 5.49. The van der Waals surface area contributed by atoms with Gasteiger partial charge in [-0.3, -0.25) is 4.79 Å². The normalized spacial score (nSPS) is 14.9. The number of carbonyl (C=O) groups is 1. The molecule has 0 saturated heterocycles. The quantitative estimate of drug-likeness (QED) is 0.832. The van der Waals surface area contributed by atoms with Crippen molar-refractivity contribution < 1.29 is 13.2 Å². The third-order valence-corrected chi connectivity index (χ3v) is 5.66. The van der Waals surface area contributed by atoms with E-state index in [-0.39, 0.29) is 5.75 Å². The van der Waals surface area contributed by atoms with Gasteiger partial charge in [-0.25, -0.2) is 13.4 Å². The van der Waals surface area contributed by atoms with Crippen molar-refractivity contribution in [3.8, 4) is 0 Å². The van der Waals surface area contributed by atoms with E-state index < -0.39 is 27.0 Å². The Bertz CT molecular complexity index is 511. The summed E-state index contributed by atoms with van der Waals surface area (Å²) >= 11 is 1.45. The largest absolute Gasteiger partial charge is 0.344 e. The van der Waals surface area contributed by atoms with Crippen molar-refractivity contribution >= 4 is 27.1 Å². The average Bonchev–Trinajstić information content (AvgIpc) is 2.81. The number of aromatic nitrogens is 1. The van der Waals surface area contributed by atoms with Gasteiger partial charge in [-0.2, -0.15) is 0 Å². The first kappa shape index (κ1) is 16.1. The zero-order valence-electron chi connectivity index (χ0n) is 11.5. The van der Waals surface area contributed by atoms with Crippen LogP contribution in [0, 0.1) is 0 Å². The molecule has 1 aromatic rings. The SMILES string of the molecule is CCCS(=O)(=O)CC(=O)N[C@](C)(CC)c1nccs1. The van der Waals surface area contributed by atoms with Gasteiger partial charge in [0.25, 0.3) is 0 Å². The molecule has 1 amide bonds. The number of nitrogens with zero attached hydrogens (tertiary/aromatic N) is 1. The summed E-state index contributed by atoms with van der Waals surface area (Å²) in [6.07, 6.45) is 2.85. The summed E-state index contributed by atoms with van der Waals surface area (Å²) in [6, 6.07) is 0. The van der Waals surface area contributed by atoms with Crippen LogP contribution in [0.5, 0.6) is 0 Å². The van der Waals surface area contributed by atoms with Crippen LogP contribution in [0.2, 0.25) is 0 Å². The highest BCUT2D eigenvalue weighted by atomic mass is 32.2. The van der Waals surface area contributed by atoms with Crippen LogP contribution in [0.4, 0.5) is 0 Å². The Morgan fingerprint density at radius 1 is 1.47 bits per heavy atom. The molecule has 0 aromatic carbocycles. The number of hydrogen-bond donors (Lipinski definition) is 1. The molecule has 1 rings (SSSR count). The highest BCUT2D eigenvalue weighted by Gasteiger charge is 2.30. The molecule has 0 saturated carbocycles. The second kappa shape index (κ2) is 6.47. The van der Waals surface area contributed by atoms with Crippen LogP contribution in [-0.4, -0.2) is 30.8 Å². The molecule has 5 nitrogen and oxygen atoms in total. The molecular weight excluding hydrogens is 284 g/mol. The Hall–Kier alpha value is -0.950. The topological polar surface area (TPSA) is 76.1 Å². The van der Waals surface area contributed by atoms with Crippen LogP contribution in [0.1, 0.15) is 38.6 Å².